The molecule has 0 heterocycles. The fourth-order valence-electron chi connectivity index (χ4n) is 3.32. The van der Waals surface area contributed by atoms with Gasteiger partial charge in [0.2, 0.25) is 5.91 Å². The maximum absolute atomic E-state index is 12.8. The lowest BCUT2D eigenvalue weighted by Crippen LogP contribution is -2.42. The highest BCUT2D eigenvalue weighted by Gasteiger charge is 2.32. The first-order valence-electron chi connectivity index (χ1n) is 8.08. The van der Waals surface area contributed by atoms with Crippen LogP contribution in [0.25, 0.3) is 0 Å². The van der Waals surface area contributed by atoms with Crippen molar-refractivity contribution in [3.63, 3.8) is 0 Å². The predicted octanol–water partition coefficient (Wildman–Crippen LogP) is 4.34. The lowest BCUT2D eigenvalue weighted by atomic mass is 9.84. The minimum absolute atomic E-state index is 0.0622. The summed E-state index contributed by atoms with van der Waals surface area (Å²) >= 11 is 6.02. The topological polar surface area (TPSA) is 29.1 Å². The van der Waals surface area contributed by atoms with Gasteiger partial charge in [-0.3, -0.25) is 4.79 Å². The first kappa shape index (κ1) is 16.4. The average molecular weight is 308 g/mol. The van der Waals surface area contributed by atoms with Gasteiger partial charge in [0.1, 0.15) is 0 Å². The third kappa shape index (κ3) is 4.00. The predicted molar refractivity (Wildman–Crippen MR) is 88.6 cm³/mol. The fraction of sp³-hybridized carbons (Fsp3) is 0.611. The van der Waals surface area contributed by atoms with Crippen LogP contribution in [0, 0.1) is 11.8 Å². The molecule has 1 aliphatic carbocycles. The minimum Gasteiger partial charge on any atom is -0.353 e. The molecule has 1 aliphatic rings. The second kappa shape index (κ2) is 7.84. The number of hydrogen-bond acceptors (Lipinski definition) is 1. The number of nitrogens with one attached hydrogen (secondary N) is 1. The molecule has 1 saturated carbocycles. The van der Waals surface area contributed by atoms with Crippen molar-refractivity contribution in [2.24, 2.45) is 11.8 Å². The van der Waals surface area contributed by atoms with Gasteiger partial charge in [-0.1, -0.05) is 57.0 Å². The van der Waals surface area contributed by atoms with E-state index < -0.39 is 0 Å². The summed E-state index contributed by atoms with van der Waals surface area (Å²) in [4.78, 5) is 12.8. The van der Waals surface area contributed by atoms with Crippen LogP contribution >= 0.6 is 11.6 Å². The molecule has 1 fully saturated rings. The molecule has 1 aromatic carbocycles. The molecule has 0 aliphatic heterocycles. The van der Waals surface area contributed by atoms with Crippen LogP contribution in [-0.2, 0) is 4.79 Å². The van der Waals surface area contributed by atoms with Gasteiger partial charge in [0.25, 0.3) is 0 Å². The summed E-state index contributed by atoms with van der Waals surface area (Å²) in [5.41, 5.74) is 1.12. The second-order valence-corrected chi connectivity index (χ2v) is 6.54. The molecular weight excluding hydrogens is 282 g/mol. The highest BCUT2D eigenvalue weighted by Crippen LogP contribution is 2.30. The van der Waals surface area contributed by atoms with Crippen LogP contribution < -0.4 is 5.32 Å². The highest BCUT2D eigenvalue weighted by atomic mass is 35.5. The fourth-order valence-corrected chi connectivity index (χ4v) is 3.69. The Morgan fingerprint density at radius 3 is 2.67 bits per heavy atom. The standard InChI is InChI=1S/C18H26ClNO/c1-3-13(2)17(14-8-5-4-6-9-14)18(21)20-16-11-7-10-15(16)12-19/h4-6,8-9,13,15-17H,3,7,10-12H2,1-2H3,(H,20,21). The Hall–Kier alpha value is -1.02. The summed E-state index contributed by atoms with van der Waals surface area (Å²) in [5, 5.41) is 3.27. The Morgan fingerprint density at radius 1 is 1.33 bits per heavy atom. The zero-order valence-corrected chi connectivity index (χ0v) is 13.8. The quantitative estimate of drug-likeness (QED) is 0.778. The molecule has 116 valence electrons. The lowest BCUT2D eigenvalue weighted by Gasteiger charge is -2.26. The first-order valence-corrected chi connectivity index (χ1v) is 8.62. The van der Waals surface area contributed by atoms with Gasteiger partial charge in [-0.05, 0) is 30.2 Å². The van der Waals surface area contributed by atoms with Crippen molar-refractivity contribution in [2.45, 2.75) is 51.5 Å². The van der Waals surface area contributed by atoms with Crippen LogP contribution in [0.2, 0.25) is 0 Å². The van der Waals surface area contributed by atoms with E-state index in [1.54, 1.807) is 0 Å². The van der Waals surface area contributed by atoms with E-state index >= 15 is 0 Å². The van der Waals surface area contributed by atoms with Gasteiger partial charge in [-0.25, -0.2) is 0 Å². The smallest absolute Gasteiger partial charge is 0.228 e. The normalized spacial score (nSPS) is 24.5. The largest absolute Gasteiger partial charge is 0.353 e. The molecule has 1 amide bonds. The third-order valence-electron chi connectivity index (χ3n) is 4.84. The van der Waals surface area contributed by atoms with Crippen LogP contribution in [0.4, 0.5) is 0 Å². The van der Waals surface area contributed by atoms with Gasteiger partial charge < -0.3 is 5.32 Å². The molecule has 0 spiro atoms. The SMILES string of the molecule is CCC(C)C(C(=O)NC1CCCC1CCl)c1ccccc1. The molecule has 1 aromatic rings. The van der Waals surface area contributed by atoms with Crippen LogP contribution in [-0.4, -0.2) is 17.8 Å². The molecule has 21 heavy (non-hydrogen) atoms. The summed E-state index contributed by atoms with van der Waals surface area (Å²) < 4.78 is 0. The van der Waals surface area contributed by atoms with Crippen LogP contribution in [0.15, 0.2) is 30.3 Å². The molecule has 0 radical (unpaired) electrons. The highest BCUT2D eigenvalue weighted by molar-refractivity contribution is 6.18. The molecule has 0 aromatic heterocycles. The van der Waals surface area contributed by atoms with Gasteiger partial charge in [-0.15, -0.1) is 11.6 Å². The number of hydrogen-bond donors (Lipinski definition) is 1. The number of amides is 1. The van der Waals surface area contributed by atoms with Crippen molar-refractivity contribution in [3.8, 4) is 0 Å². The Balaban J connectivity index is 2.12. The minimum atomic E-state index is -0.0622. The third-order valence-corrected chi connectivity index (χ3v) is 5.24. The molecule has 0 saturated heterocycles. The van der Waals surface area contributed by atoms with E-state index in [2.05, 4.69) is 31.3 Å². The van der Waals surface area contributed by atoms with Crippen molar-refractivity contribution in [2.75, 3.05) is 5.88 Å². The van der Waals surface area contributed by atoms with Crippen molar-refractivity contribution in [1.29, 1.82) is 0 Å². The summed E-state index contributed by atoms with van der Waals surface area (Å²) in [7, 11) is 0. The Labute approximate surface area is 133 Å². The van der Waals surface area contributed by atoms with E-state index in [4.69, 9.17) is 11.6 Å². The summed E-state index contributed by atoms with van der Waals surface area (Å²) in [6.45, 7) is 4.30. The molecule has 0 bridgehead atoms. The van der Waals surface area contributed by atoms with Crippen molar-refractivity contribution in [1.82, 2.24) is 5.32 Å². The summed E-state index contributed by atoms with van der Waals surface area (Å²) in [6.07, 6.45) is 4.36. The maximum atomic E-state index is 12.8. The van der Waals surface area contributed by atoms with Crippen molar-refractivity contribution in [3.05, 3.63) is 35.9 Å². The van der Waals surface area contributed by atoms with Crippen molar-refractivity contribution < 1.29 is 4.79 Å². The van der Waals surface area contributed by atoms with Crippen LogP contribution in [0.1, 0.15) is 51.0 Å². The molecule has 2 nitrogen and oxygen atoms in total. The second-order valence-electron chi connectivity index (χ2n) is 6.23. The zero-order chi connectivity index (χ0) is 15.2. The Morgan fingerprint density at radius 2 is 2.05 bits per heavy atom. The number of benzene rings is 1. The molecule has 4 atom stereocenters. The molecule has 4 unspecified atom stereocenters. The van der Waals surface area contributed by atoms with E-state index in [1.807, 2.05) is 18.2 Å². The van der Waals surface area contributed by atoms with E-state index in [1.165, 1.54) is 6.42 Å². The molecule has 2 rings (SSSR count). The zero-order valence-electron chi connectivity index (χ0n) is 13.0. The van der Waals surface area contributed by atoms with E-state index in [-0.39, 0.29) is 17.9 Å². The monoisotopic (exact) mass is 307 g/mol. The molecular formula is C18H26ClNO. The maximum Gasteiger partial charge on any atom is 0.228 e. The van der Waals surface area contributed by atoms with Crippen molar-refractivity contribution >= 4 is 17.5 Å². The number of alkyl halides is 1. The molecule has 3 heteroatoms. The molecule has 1 N–H and O–H groups in total. The summed E-state index contributed by atoms with van der Waals surface area (Å²) in [6, 6.07) is 10.4. The first-order chi connectivity index (χ1) is 10.2. The summed E-state index contributed by atoms with van der Waals surface area (Å²) in [5.74, 6) is 1.52. The number of halogens is 1. The van der Waals surface area contributed by atoms with Gasteiger partial charge in [0.15, 0.2) is 0 Å². The Bertz CT molecular complexity index is 448. The van der Waals surface area contributed by atoms with Gasteiger partial charge in [0, 0.05) is 11.9 Å². The lowest BCUT2D eigenvalue weighted by molar-refractivity contribution is -0.124. The van der Waals surface area contributed by atoms with E-state index in [0.717, 1.165) is 24.8 Å². The van der Waals surface area contributed by atoms with Gasteiger partial charge >= 0.3 is 0 Å². The van der Waals surface area contributed by atoms with Crippen LogP contribution in [0.5, 0.6) is 0 Å². The number of carbonyl (C=O) groups is 1. The average Bonchev–Trinajstić information content (AvgIpc) is 2.95. The van der Waals surface area contributed by atoms with E-state index in [9.17, 15) is 4.79 Å². The Kier molecular flexibility index (Phi) is 6.10. The number of carbonyl (C=O) groups excluding carboxylic acids is 1. The van der Waals surface area contributed by atoms with Crippen LogP contribution in [0.3, 0.4) is 0 Å². The van der Waals surface area contributed by atoms with Gasteiger partial charge in [-0.2, -0.15) is 0 Å². The van der Waals surface area contributed by atoms with E-state index in [0.29, 0.717) is 17.7 Å². The number of rotatable bonds is 6. The van der Waals surface area contributed by atoms with Gasteiger partial charge in [0.05, 0.1) is 5.92 Å².